The molecule has 0 aliphatic heterocycles. The van der Waals surface area contributed by atoms with Crippen molar-refractivity contribution in [1.29, 1.82) is 0 Å². The number of anilines is 2. The van der Waals surface area contributed by atoms with Gasteiger partial charge in [0.2, 0.25) is 0 Å². The van der Waals surface area contributed by atoms with E-state index >= 15 is 0 Å². The molecule has 1 heterocycles. The molecular weight excluding hydrogens is 210 g/mol. The fourth-order valence-corrected chi connectivity index (χ4v) is 1.83. The number of hydrogen-bond donors (Lipinski definition) is 2. The predicted molar refractivity (Wildman–Crippen MR) is 71.7 cm³/mol. The van der Waals surface area contributed by atoms with Gasteiger partial charge in [0.15, 0.2) is 0 Å². The minimum atomic E-state index is 0.279. The molecule has 3 nitrogen and oxygen atoms in total. The molecule has 0 spiro atoms. The van der Waals surface area contributed by atoms with Crippen LogP contribution in [0.1, 0.15) is 24.9 Å². The summed E-state index contributed by atoms with van der Waals surface area (Å²) < 4.78 is 0. The third kappa shape index (κ3) is 2.75. The van der Waals surface area contributed by atoms with Crippen molar-refractivity contribution in [3.63, 3.8) is 0 Å². The Bertz CT molecular complexity index is 468. The molecule has 3 N–H and O–H groups in total. The first-order chi connectivity index (χ1) is 8.31. The number of hydrogen-bond acceptors (Lipinski definition) is 3. The van der Waals surface area contributed by atoms with Crippen molar-refractivity contribution in [3.05, 3.63) is 54.4 Å². The zero-order valence-corrected chi connectivity index (χ0v) is 9.93. The zero-order valence-electron chi connectivity index (χ0n) is 9.93. The molecule has 0 saturated carbocycles. The zero-order chi connectivity index (χ0) is 12.1. The molecule has 1 aromatic carbocycles. The maximum Gasteiger partial charge on any atom is 0.0736 e. The summed E-state index contributed by atoms with van der Waals surface area (Å²) in [6.07, 6.45) is 4.42. The van der Waals surface area contributed by atoms with Crippen molar-refractivity contribution in [3.8, 4) is 0 Å². The minimum absolute atomic E-state index is 0.279. The van der Waals surface area contributed by atoms with E-state index in [-0.39, 0.29) is 6.04 Å². The molecule has 0 fully saturated rings. The quantitative estimate of drug-likeness (QED) is 0.843. The summed E-state index contributed by atoms with van der Waals surface area (Å²) in [7, 11) is 0. The molecule has 1 aromatic heterocycles. The van der Waals surface area contributed by atoms with Crippen LogP contribution in [0, 0.1) is 0 Å². The van der Waals surface area contributed by atoms with E-state index in [4.69, 9.17) is 5.73 Å². The molecule has 3 heteroatoms. The number of rotatable bonds is 4. The Balaban J connectivity index is 2.19. The van der Waals surface area contributed by atoms with Gasteiger partial charge in [-0.15, -0.1) is 0 Å². The van der Waals surface area contributed by atoms with Crippen molar-refractivity contribution in [2.75, 3.05) is 11.1 Å². The van der Waals surface area contributed by atoms with Crippen molar-refractivity contribution < 1.29 is 0 Å². The molecule has 0 aliphatic rings. The van der Waals surface area contributed by atoms with Gasteiger partial charge in [0.1, 0.15) is 0 Å². The number of benzene rings is 1. The van der Waals surface area contributed by atoms with Crippen LogP contribution in [-0.4, -0.2) is 4.98 Å². The standard InChI is InChI=1S/C14H17N3/c1-2-13(11-6-4-3-5-7-11)17-14-8-9-16-10-12(14)15/h3-10,13H,2,15H2,1H3,(H,16,17). The Morgan fingerprint density at radius 3 is 2.65 bits per heavy atom. The number of pyridine rings is 1. The van der Waals surface area contributed by atoms with Crippen LogP contribution >= 0.6 is 0 Å². The normalized spacial score (nSPS) is 12.1. The third-order valence-corrected chi connectivity index (χ3v) is 2.79. The fraction of sp³-hybridized carbons (Fsp3) is 0.214. The molecule has 88 valence electrons. The Hall–Kier alpha value is -2.03. The highest BCUT2D eigenvalue weighted by Crippen LogP contribution is 2.25. The van der Waals surface area contributed by atoms with E-state index in [0.717, 1.165) is 12.1 Å². The van der Waals surface area contributed by atoms with Crippen LogP contribution in [0.2, 0.25) is 0 Å². The van der Waals surface area contributed by atoms with E-state index in [0.29, 0.717) is 5.69 Å². The Morgan fingerprint density at radius 1 is 1.24 bits per heavy atom. The smallest absolute Gasteiger partial charge is 0.0736 e. The number of aromatic nitrogens is 1. The molecule has 2 rings (SSSR count). The second kappa shape index (κ2) is 5.34. The Morgan fingerprint density at radius 2 is 2.00 bits per heavy atom. The van der Waals surface area contributed by atoms with Crippen LogP contribution in [-0.2, 0) is 0 Å². The van der Waals surface area contributed by atoms with Crippen molar-refractivity contribution in [2.24, 2.45) is 0 Å². The molecule has 0 radical (unpaired) electrons. The summed E-state index contributed by atoms with van der Waals surface area (Å²) in [6.45, 7) is 2.15. The van der Waals surface area contributed by atoms with Crippen LogP contribution in [0.5, 0.6) is 0 Å². The van der Waals surface area contributed by atoms with Gasteiger partial charge in [-0.25, -0.2) is 0 Å². The largest absolute Gasteiger partial charge is 0.396 e. The summed E-state index contributed by atoms with van der Waals surface area (Å²) >= 11 is 0. The van der Waals surface area contributed by atoms with Gasteiger partial charge in [0.05, 0.1) is 23.6 Å². The lowest BCUT2D eigenvalue weighted by Gasteiger charge is -2.19. The van der Waals surface area contributed by atoms with E-state index in [9.17, 15) is 0 Å². The predicted octanol–water partition coefficient (Wildman–Crippen LogP) is 3.23. The molecule has 1 unspecified atom stereocenters. The topological polar surface area (TPSA) is 50.9 Å². The third-order valence-electron chi connectivity index (χ3n) is 2.79. The van der Waals surface area contributed by atoms with Gasteiger partial charge in [-0.2, -0.15) is 0 Å². The summed E-state index contributed by atoms with van der Waals surface area (Å²) in [4.78, 5) is 3.99. The Kier molecular flexibility index (Phi) is 3.60. The summed E-state index contributed by atoms with van der Waals surface area (Å²) in [5.41, 5.74) is 8.77. The van der Waals surface area contributed by atoms with Crippen LogP contribution in [0.15, 0.2) is 48.8 Å². The first kappa shape index (κ1) is 11.5. The molecule has 2 aromatic rings. The second-order valence-corrected chi connectivity index (χ2v) is 3.98. The van der Waals surface area contributed by atoms with Crippen molar-refractivity contribution in [1.82, 2.24) is 4.98 Å². The second-order valence-electron chi connectivity index (χ2n) is 3.98. The highest BCUT2D eigenvalue weighted by molar-refractivity contribution is 5.64. The van der Waals surface area contributed by atoms with Crippen LogP contribution < -0.4 is 11.1 Å². The maximum absolute atomic E-state index is 5.88. The number of nitrogen functional groups attached to an aromatic ring is 1. The van der Waals surface area contributed by atoms with E-state index in [1.54, 1.807) is 12.4 Å². The van der Waals surface area contributed by atoms with Crippen LogP contribution in [0.4, 0.5) is 11.4 Å². The molecule has 17 heavy (non-hydrogen) atoms. The van der Waals surface area contributed by atoms with Crippen molar-refractivity contribution >= 4 is 11.4 Å². The van der Waals surface area contributed by atoms with Crippen LogP contribution in [0.25, 0.3) is 0 Å². The van der Waals surface area contributed by atoms with Gasteiger partial charge in [-0.3, -0.25) is 4.98 Å². The van der Waals surface area contributed by atoms with Gasteiger partial charge in [0.25, 0.3) is 0 Å². The molecule has 0 bridgehead atoms. The van der Waals surface area contributed by atoms with Gasteiger partial charge in [0, 0.05) is 6.20 Å². The first-order valence-electron chi connectivity index (χ1n) is 5.82. The van der Waals surface area contributed by atoms with E-state index in [1.165, 1.54) is 5.56 Å². The molecular formula is C14H17N3. The monoisotopic (exact) mass is 227 g/mol. The lowest BCUT2D eigenvalue weighted by atomic mass is 10.0. The van der Waals surface area contributed by atoms with Gasteiger partial charge in [-0.1, -0.05) is 37.3 Å². The molecule has 1 atom stereocenters. The lowest BCUT2D eigenvalue weighted by molar-refractivity contribution is 0.749. The van der Waals surface area contributed by atoms with Crippen LogP contribution in [0.3, 0.4) is 0 Å². The molecule has 0 saturated heterocycles. The van der Waals surface area contributed by atoms with Gasteiger partial charge >= 0.3 is 0 Å². The van der Waals surface area contributed by atoms with E-state index in [1.807, 2.05) is 12.1 Å². The van der Waals surface area contributed by atoms with Gasteiger partial charge in [-0.05, 0) is 18.1 Å². The lowest BCUT2D eigenvalue weighted by Crippen LogP contribution is -2.11. The highest BCUT2D eigenvalue weighted by Gasteiger charge is 2.09. The van der Waals surface area contributed by atoms with E-state index in [2.05, 4.69) is 41.5 Å². The minimum Gasteiger partial charge on any atom is -0.396 e. The maximum atomic E-state index is 5.88. The SMILES string of the molecule is CCC(Nc1ccncc1N)c1ccccc1. The molecule has 0 aliphatic carbocycles. The number of nitrogens with two attached hydrogens (primary N) is 1. The molecule has 0 amide bonds. The summed E-state index contributed by atoms with van der Waals surface area (Å²) in [5.74, 6) is 0. The van der Waals surface area contributed by atoms with E-state index < -0.39 is 0 Å². The average molecular weight is 227 g/mol. The average Bonchev–Trinajstić information content (AvgIpc) is 2.39. The summed E-state index contributed by atoms with van der Waals surface area (Å²) in [6, 6.07) is 12.6. The van der Waals surface area contributed by atoms with Crippen molar-refractivity contribution in [2.45, 2.75) is 19.4 Å². The fourth-order valence-electron chi connectivity index (χ4n) is 1.83. The summed E-state index contributed by atoms with van der Waals surface area (Å²) in [5, 5.41) is 3.45. The highest BCUT2D eigenvalue weighted by atomic mass is 14.9. The first-order valence-corrected chi connectivity index (χ1v) is 5.82. The Labute approximate surface area is 102 Å². The van der Waals surface area contributed by atoms with Gasteiger partial charge < -0.3 is 11.1 Å². The number of nitrogens with one attached hydrogen (secondary N) is 1. The number of nitrogens with zero attached hydrogens (tertiary/aromatic N) is 1.